The molecule has 0 amide bonds. The summed E-state index contributed by atoms with van der Waals surface area (Å²) in [6, 6.07) is 13.9. The van der Waals surface area contributed by atoms with Crippen LogP contribution in [0.25, 0.3) is 0 Å². The number of benzene rings is 2. The average Bonchev–Trinajstić information content (AvgIpc) is 2.44. The van der Waals surface area contributed by atoms with E-state index in [4.69, 9.17) is 11.0 Å². The number of hydrogen-bond acceptors (Lipinski definition) is 3. The molecule has 0 aliphatic rings. The van der Waals surface area contributed by atoms with Crippen molar-refractivity contribution >= 4 is 11.4 Å². The second kappa shape index (κ2) is 6.12. The number of nitrogens with zero attached hydrogens (tertiary/aromatic N) is 1. The third kappa shape index (κ3) is 3.30. The minimum absolute atomic E-state index is 0.585. The lowest BCUT2D eigenvalue weighted by atomic mass is 10.0. The maximum Gasteiger partial charge on any atom is 0.0992 e. The average molecular weight is 265 g/mol. The Balaban J connectivity index is 1.96. The van der Waals surface area contributed by atoms with E-state index < -0.39 is 0 Å². The van der Waals surface area contributed by atoms with Crippen molar-refractivity contribution in [2.45, 2.75) is 20.3 Å². The van der Waals surface area contributed by atoms with Crippen LogP contribution >= 0.6 is 0 Å². The second-order valence-corrected chi connectivity index (χ2v) is 5.01. The van der Waals surface area contributed by atoms with Gasteiger partial charge in [-0.05, 0) is 55.2 Å². The number of rotatable bonds is 4. The predicted molar refractivity (Wildman–Crippen MR) is 83.7 cm³/mol. The van der Waals surface area contributed by atoms with E-state index in [0.29, 0.717) is 11.3 Å². The van der Waals surface area contributed by atoms with E-state index in [-0.39, 0.29) is 0 Å². The lowest BCUT2D eigenvalue weighted by Gasteiger charge is -2.10. The molecule has 2 aromatic carbocycles. The minimum Gasteiger partial charge on any atom is -0.397 e. The molecule has 3 nitrogen and oxygen atoms in total. The number of anilines is 2. The molecular formula is C17H19N3. The van der Waals surface area contributed by atoms with Crippen LogP contribution in [0.5, 0.6) is 0 Å². The first-order valence-electron chi connectivity index (χ1n) is 6.70. The molecule has 0 saturated heterocycles. The lowest BCUT2D eigenvalue weighted by Crippen LogP contribution is -2.07. The SMILES string of the molecule is Cc1ccc(CCNc2ccc(C#N)cc2N)cc1C. The molecule has 0 aliphatic heterocycles. The van der Waals surface area contributed by atoms with Crippen LogP contribution in [-0.4, -0.2) is 6.54 Å². The van der Waals surface area contributed by atoms with Gasteiger partial charge in [-0.1, -0.05) is 18.2 Å². The van der Waals surface area contributed by atoms with Gasteiger partial charge < -0.3 is 11.1 Å². The zero-order valence-corrected chi connectivity index (χ0v) is 11.9. The molecule has 0 fully saturated rings. The number of nitriles is 1. The monoisotopic (exact) mass is 265 g/mol. The Labute approximate surface area is 120 Å². The van der Waals surface area contributed by atoms with Crippen LogP contribution in [0.4, 0.5) is 11.4 Å². The standard InChI is InChI=1S/C17H19N3/c1-12-3-4-14(9-13(12)2)7-8-20-17-6-5-15(11-18)10-16(17)19/h3-6,9-10,20H,7-8,19H2,1-2H3. The first kappa shape index (κ1) is 14.0. The molecule has 0 spiro atoms. The van der Waals surface area contributed by atoms with Crippen molar-refractivity contribution < 1.29 is 0 Å². The number of nitrogen functional groups attached to an aromatic ring is 1. The van der Waals surface area contributed by atoms with E-state index in [1.165, 1.54) is 16.7 Å². The Kier molecular flexibility index (Phi) is 4.27. The van der Waals surface area contributed by atoms with Gasteiger partial charge in [0.05, 0.1) is 23.0 Å². The summed E-state index contributed by atoms with van der Waals surface area (Å²) in [4.78, 5) is 0. The third-order valence-electron chi connectivity index (χ3n) is 3.48. The highest BCUT2D eigenvalue weighted by Crippen LogP contribution is 2.19. The van der Waals surface area contributed by atoms with E-state index in [0.717, 1.165) is 18.7 Å². The van der Waals surface area contributed by atoms with E-state index in [9.17, 15) is 0 Å². The van der Waals surface area contributed by atoms with Gasteiger partial charge in [0.2, 0.25) is 0 Å². The Morgan fingerprint density at radius 1 is 1.10 bits per heavy atom. The highest BCUT2D eigenvalue weighted by molar-refractivity contribution is 5.68. The van der Waals surface area contributed by atoms with Crippen LogP contribution in [0.2, 0.25) is 0 Å². The fraction of sp³-hybridized carbons (Fsp3) is 0.235. The molecule has 3 N–H and O–H groups in total. The van der Waals surface area contributed by atoms with Crippen LogP contribution in [0, 0.1) is 25.2 Å². The Morgan fingerprint density at radius 2 is 1.90 bits per heavy atom. The molecular weight excluding hydrogens is 246 g/mol. The summed E-state index contributed by atoms with van der Waals surface area (Å²) >= 11 is 0. The van der Waals surface area contributed by atoms with Gasteiger partial charge in [-0.2, -0.15) is 5.26 Å². The molecule has 0 atom stereocenters. The molecule has 2 aromatic rings. The minimum atomic E-state index is 0.585. The van der Waals surface area contributed by atoms with Gasteiger partial charge in [-0.15, -0.1) is 0 Å². The van der Waals surface area contributed by atoms with Crippen LogP contribution in [0.15, 0.2) is 36.4 Å². The topological polar surface area (TPSA) is 61.8 Å². The lowest BCUT2D eigenvalue weighted by molar-refractivity contribution is 1.01. The summed E-state index contributed by atoms with van der Waals surface area (Å²) in [5.41, 5.74) is 11.9. The maximum absolute atomic E-state index is 8.80. The van der Waals surface area contributed by atoms with Crippen molar-refractivity contribution in [3.63, 3.8) is 0 Å². The van der Waals surface area contributed by atoms with Crippen LogP contribution in [-0.2, 0) is 6.42 Å². The van der Waals surface area contributed by atoms with Gasteiger partial charge >= 0.3 is 0 Å². The molecule has 0 unspecified atom stereocenters. The summed E-state index contributed by atoms with van der Waals surface area (Å²) in [7, 11) is 0. The molecule has 3 heteroatoms. The first-order chi connectivity index (χ1) is 9.60. The van der Waals surface area contributed by atoms with E-state index in [1.54, 1.807) is 12.1 Å². The maximum atomic E-state index is 8.80. The largest absolute Gasteiger partial charge is 0.397 e. The summed E-state index contributed by atoms with van der Waals surface area (Å²) in [5.74, 6) is 0. The van der Waals surface area contributed by atoms with Crippen molar-refractivity contribution in [3.05, 3.63) is 58.7 Å². The molecule has 0 heterocycles. The second-order valence-electron chi connectivity index (χ2n) is 5.01. The number of nitrogens with one attached hydrogen (secondary N) is 1. The smallest absolute Gasteiger partial charge is 0.0992 e. The van der Waals surface area contributed by atoms with Gasteiger partial charge in [-0.3, -0.25) is 0 Å². The number of hydrogen-bond donors (Lipinski definition) is 2. The van der Waals surface area contributed by atoms with Crippen molar-refractivity contribution in [1.29, 1.82) is 5.26 Å². The van der Waals surface area contributed by atoms with Gasteiger partial charge in [0.15, 0.2) is 0 Å². The Morgan fingerprint density at radius 3 is 2.55 bits per heavy atom. The highest BCUT2D eigenvalue weighted by Gasteiger charge is 2.01. The predicted octanol–water partition coefficient (Wildman–Crippen LogP) is 3.41. The molecule has 0 aliphatic carbocycles. The number of aryl methyl sites for hydroxylation is 2. The normalized spacial score (nSPS) is 10.1. The zero-order valence-electron chi connectivity index (χ0n) is 11.9. The molecule has 0 radical (unpaired) electrons. The third-order valence-corrected chi connectivity index (χ3v) is 3.48. The van der Waals surface area contributed by atoms with Gasteiger partial charge in [0, 0.05) is 6.54 Å². The molecule has 102 valence electrons. The molecule has 20 heavy (non-hydrogen) atoms. The summed E-state index contributed by atoms with van der Waals surface area (Å²) in [6.45, 7) is 5.07. The zero-order chi connectivity index (χ0) is 14.5. The van der Waals surface area contributed by atoms with E-state index in [1.807, 2.05) is 6.07 Å². The molecule has 0 aromatic heterocycles. The van der Waals surface area contributed by atoms with Crippen LogP contribution in [0.1, 0.15) is 22.3 Å². The quantitative estimate of drug-likeness (QED) is 0.833. The van der Waals surface area contributed by atoms with Crippen molar-refractivity contribution in [2.24, 2.45) is 0 Å². The summed E-state index contributed by atoms with van der Waals surface area (Å²) in [6.07, 6.45) is 0.945. The Hall–Kier alpha value is -2.47. The molecule has 0 saturated carbocycles. The van der Waals surface area contributed by atoms with Crippen molar-refractivity contribution in [2.75, 3.05) is 17.6 Å². The van der Waals surface area contributed by atoms with Gasteiger partial charge in [0.1, 0.15) is 0 Å². The summed E-state index contributed by atoms with van der Waals surface area (Å²) < 4.78 is 0. The van der Waals surface area contributed by atoms with E-state index in [2.05, 4.69) is 43.4 Å². The van der Waals surface area contributed by atoms with Gasteiger partial charge in [0.25, 0.3) is 0 Å². The fourth-order valence-corrected chi connectivity index (χ4v) is 2.09. The fourth-order valence-electron chi connectivity index (χ4n) is 2.09. The van der Waals surface area contributed by atoms with Gasteiger partial charge in [-0.25, -0.2) is 0 Å². The van der Waals surface area contributed by atoms with Crippen molar-refractivity contribution in [3.8, 4) is 6.07 Å². The number of nitrogens with two attached hydrogens (primary N) is 1. The molecule has 0 bridgehead atoms. The van der Waals surface area contributed by atoms with E-state index >= 15 is 0 Å². The molecule has 2 rings (SSSR count). The summed E-state index contributed by atoms with van der Waals surface area (Å²) in [5, 5.41) is 12.1. The highest BCUT2D eigenvalue weighted by atomic mass is 14.9. The van der Waals surface area contributed by atoms with Crippen molar-refractivity contribution in [1.82, 2.24) is 0 Å². The van der Waals surface area contributed by atoms with Crippen LogP contribution in [0.3, 0.4) is 0 Å². The Bertz CT molecular complexity index is 654. The first-order valence-corrected chi connectivity index (χ1v) is 6.70. The van der Waals surface area contributed by atoms with Crippen LogP contribution < -0.4 is 11.1 Å².